The summed E-state index contributed by atoms with van der Waals surface area (Å²) in [5.74, 6) is 0.376. The maximum absolute atomic E-state index is 12.1. The number of carbonyl (C=O) groups is 3. The number of aliphatic hydroxyl groups is 1. The molecule has 256 valence electrons. The van der Waals surface area contributed by atoms with Gasteiger partial charge in [-0.15, -0.1) is 0 Å². The van der Waals surface area contributed by atoms with E-state index in [-0.39, 0.29) is 30.9 Å². The average molecular weight is 621 g/mol. The molecule has 44 heavy (non-hydrogen) atoms. The first-order valence-corrected chi connectivity index (χ1v) is 18.2. The average Bonchev–Trinajstić information content (AvgIpc) is 3.00. The first-order chi connectivity index (χ1) is 21.4. The molecule has 0 rings (SSSR count). The third kappa shape index (κ3) is 31.5. The van der Waals surface area contributed by atoms with E-state index in [4.69, 9.17) is 9.47 Å². The number of ether oxygens (including phenoxy) is 2. The smallest absolute Gasteiger partial charge is 0.306 e. The highest BCUT2D eigenvalue weighted by molar-refractivity contribution is 5.89. The van der Waals surface area contributed by atoms with Crippen molar-refractivity contribution >= 4 is 17.7 Å². The van der Waals surface area contributed by atoms with E-state index >= 15 is 0 Å². The van der Waals surface area contributed by atoms with Gasteiger partial charge in [0.1, 0.15) is 6.61 Å². The number of unbranched alkanes of at least 4 members (excludes halogenated alkanes) is 17. The molecular formula is C38H68O6. The molecule has 6 nitrogen and oxygen atoms in total. The third-order valence-electron chi connectivity index (χ3n) is 7.90. The van der Waals surface area contributed by atoms with E-state index in [1.54, 1.807) is 6.08 Å². The molecule has 6 heteroatoms. The van der Waals surface area contributed by atoms with Crippen molar-refractivity contribution in [1.82, 2.24) is 0 Å². The van der Waals surface area contributed by atoms with E-state index in [0.717, 1.165) is 83.0 Å². The Morgan fingerprint density at radius 1 is 0.636 bits per heavy atom. The molecule has 0 aliphatic rings. The van der Waals surface area contributed by atoms with Crippen molar-refractivity contribution in [3.63, 3.8) is 0 Å². The Balaban J connectivity index is 3.64. The largest absolute Gasteiger partial charge is 0.462 e. The normalized spacial score (nSPS) is 12.4. The molecule has 0 aliphatic heterocycles. The van der Waals surface area contributed by atoms with Gasteiger partial charge in [-0.25, -0.2) is 0 Å². The topological polar surface area (TPSA) is 89.9 Å². The van der Waals surface area contributed by atoms with Crippen LogP contribution >= 0.6 is 0 Å². The summed E-state index contributed by atoms with van der Waals surface area (Å²) in [6, 6.07) is 0. The molecule has 0 spiro atoms. The summed E-state index contributed by atoms with van der Waals surface area (Å²) in [5.41, 5.74) is 0. The first kappa shape index (κ1) is 42.0. The Bertz CT molecular complexity index is 742. The molecule has 0 aromatic heterocycles. The van der Waals surface area contributed by atoms with E-state index < -0.39 is 6.10 Å². The molecule has 0 bridgehead atoms. The number of esters is 2. The Labute approximate surface area is 270 Å². The number of rotatable bonds is 32. The number of aliphatic hydroxyl groups excluding tert-OH is 1. The lowest BCUT2D eigenvalue weighted by Crippen LogP contribution is -2.28. The van der Waals surface area contributed by atoms with Crippen molar-refractivity contribution in [1.29, 1.82) is 0 Å². The summed E-state index contributed by atoms with van der Waals surface area (Å²) >= 11 is 0. The van der Waals surface area contributed by atoms with E-state index in [9.17, 15) is 19.5 Å². The molecule has 0 aromatic carbocycles. The zero-order valence-corrected chi connectivity index (χ0v) is 28.8. The second kappa shape index (κ2) is 32.4. The molecule has 0 saturated carbocycles. The highest BCUT2D eigenvalue weighted by Gasteiger charge is 2.16. The van der Waals surface area contributed by atoms with Crippen molar-refractivity contribution in [3.05, 3.63) is 24.3 Å². The lowest BCUT2D eigenvalue weighted by molar-refractivity contribution is -0.161. The van der Waals surface area contributed by atoms with Crippen LogP contribution in [0.1, 0.15) is 175 Å². The molecule has 0 fully saturated rings. The lowest BCUT2D eigenvalue weighted by atomic mass is 10.0. The van der Waals surface area contributed by atoms with Gasteiger partial charge in [-0.05, 0) is 44.1 Å². The van der Waals surface area contributed by atoms with Gasteiger partial charge in [0.2, 0.25) is 0 Å². The van der Waals surface area contributed by atoms with Crippen LogP contribution in [0.25, 0.3) is 0 Å². The Morgan fingerprint density at radius 2 is 1.16 bits per heavy atom. The molecule has 0 aromatic rings. The highest BCUT2D eigenvalue weighted by atomic mass is 16.6. The van der Waals surface area contributed by atoms with Crippen LogP contribution in [0.5, 0.6) is 0 Å². The summed E-state index contributed by atoms with van der Waals surface area (Å²) in [7, 11) is 0. The summed E-state index contributed by atoms with van der Waals surface area (Å²) < 4.78 is 10.5. The molecule has 0 aliphatic carbocycles. The zero-order chi connectivity index (χ0) is 32.5. The second-order valence-electron chi connectivity index (χ2n) is 12.8. The van der Waals surface area contributed by atoms with Gasteiger partial charge in [-0.2, -0.15) is 0 Å². The molecule has 1 atom stereocenters. The Kier molecular flexibility index (Phi) is 31.0. The van der Waals surface area contributed by atoms with Crippen molar-refractivity contribution < 1.29 is 29.0 Å². The fourth-order valence-corrected chi connectivity index (χ4v) is 5.07. The van der Waals surface area contributed by atoms with Crippen molar-refractivity contribution in [2.75, 3.05) is 13.2 Å². The summed E-state index contributed by atoms with van der Waals surface area (Å²) in [4.78, 5) is 35.8. The van der Waals surface area contributed by atoms with Crippen LogP contribution in [0.4, 0.5) is 0 Å². The van der Waals surface area contributed by atoms with Gasteiger partial charge in [0.15, 0.2) is 11.9 Å². The van der Waals surface area contributed by atoms with Crippen LogP contribution in [0.15, 0.2) is 24.3 Å². The monoisotopic (exact) mass is 621 g/mol. The molecular weight excluding hydrogens is 552 g/mol. The fourth-order valence-electron chi connectivity index (χ4n) is 5.07. The van der Waals surface area contributed by atoms with Crippen LogP contribution in [-0.2, 0) is 23.9 Å². The quantitative estimate of drug-likeness (QED) is 0.0348. The van der Waals surface area contributed by atoms with E-state index in [1.165, 1.54) is 57.8 Å². The molecule has 1 N–H and O–H groups in total. The Hall–Kier alpha value is -1.95. The maximum Gasteiger partial charge on any atom is 0.306 e. The van der Waals surface area contributed by atoms with Crippen LogP contribution < -0.4 is 0 Å². The lowest BCUT2D eigenvalue weighted by Gasteiger charge is -2.15. The molecule has 0 saturated heterocycles. The van der Waals surface area contributed by atoms with E-state index in [2.05, 4.69) is 26.8 Å². The van der Waals surface area contributed by atoms with Crippen LogP contribution in [0.2, 0.25) is 0 Å². The minimum absolute atomic E-state index is 0.0890. The molecule has 0 heterocycles. The van der Waals surface area contributed by atoms with Gasteiger partial charge in [0.05, 0.1) is 6.61 Å². The summed E-state index contributed by atoms with van der Waals surface area (Å²) in [5, 5.41) is 9.52. The van der Waals surface area contributed by atoms with Crippen LogP contribution in [0.3, 0.4) is 0 Å². The number of hydrogen-bond donors (Lipinski definition) is 1. The van der Waals surface area contributed by atoms with E-state index in [0.29, 0.717) is 19.3 Å². The first-order valence-electron chi connectivity index (χ1n) is 18.2. The maximum atomic E-state index is 12.1. The van der Waals surface area contributed by atoms with Gasteiger partial charge >= 0.3 is 11.9 Å². The predicted molar refractivity (Wildman–Crippen MR) is 183 cm³/mol. The van der Waals surface area contributed by atoms with E-state index in [1.807, 2.05) is 12.2 Å². The summed E-state index contributed by atoms with van der Waals surface area (Å²) in [6.07, 6.45) is 32.1. The van der Waals surface area contributed by atoms with Gasteiger partial charge in [-0.3, -0.25) is 14.4 Å². The predicted octanol–water partition coefficient (Wildman–Crippen LogP) is 10.2. The van der Waals surface area contributed by atoms with Crippen molar-refractivity contribution in [2.24, 2.45) is 5.92 Å². The zero-order valence-electron chi connectivity index (χ0n) is 28.8. The number of hydrogen-bond acceptors (Lipinski definition) is 6. The number of allylic oxidation sites excluding steroid dienone is 4. The van der Waals surface area contributed by atoms with Crippen LogP contribution in [-0.4, -0.2) is 42.1 Å². The fraction of sp³-hybridized carbons (Fsp3) is 0.816. The number of ketones is 1. The van der Waals surface area contributed by atoms with Gasteiger partial charge < -0.3 is 14.6 Å². The summed E-state index contributed by atoms with van der Waals surface area (Å²) in [6.45, 7) is 6.28. The molecule has 0 amide bonds. The Morgan fingerprint density at radius 3 is 1.73 bits per heavy atom. The van der Waals surface area contributed by atoms with Gasteiger partial charge in [0, 0.05) is 19.3 Å². The second-order valence-corrected chi connectivity index (χ2v) is 12.8. The standard InChI is InChI=1S/C38H68O6/c1-4-5-22-28-35(40)29-24-19-15-11-9-13-17-21-26-31-38(42)44-36(32-39)33-43-37(41)30-25-20-16-12-8-6-7-10-14-18-23-27-34(2)3/h15,19,24,29,34,36,39H,4-14,16-18,20-23,25-28,30-33H2,1-3H3/b19-15-,29-24+/t36-/m0/s1. The van der Waals surface area contributed by atoms with Crippen molar-refractivity contribution in [2.45, 2.75) is 181 Å². The number of carbonyl (C=O) groups excluding carboxylic acids is 3. The van der Waals surface area contributed by atoms with Gasteiger partial charge in [0.25, 0.3) is 0 Å². The SMILES string of the molecule is CCCCCC(=O)/C=C/C=C\CCCCCCCC(=O)O[C@@H](CO)COC(=O)CCCCCCCCCCCCCC(C)C. The highest BCUT2D eigenvalue weighted by Crippen LogP contribution is 2.14. The van der Waals surface area contributed by atoms with Crippen molar-refractivity contribution in [3.8, 4) is 0 Å². The third-order valence-corrected chi connectivity index (χ3v) is 7.90. The minimum Gasteiger partial charge on any atom is -0.462 e. The minimum atomic E-state index is -0.797. The van der Waals surface area contributed by atoms with Gasteiger partial charge in [-0.1, -0.05) is 142 Å². The van der Waals surface area contributed by atoms with Crippen LogP contribution in [0, 0.1) is 5.92 Å². The molecule has 0 unspecified atom stereocenters. The molecule has 0 radical (unpaired) electrons.